The number of hydrogen-bond donors (Lipinski definition) is 0. The zero-order chi connectivity index (χ0) is 15.7. The molecule has 0 amide bonds. The summed E-state index contributed by atoms with van der Waals surface area (Å²) in [6, 6.07) is 12.5. The summed E-state index contributed by atoms with van der Waals surface area (Å²) in [6.45, 7) is 9.08. The van der Waals surface area contributed by atoms with E-state index in [4.69, 9.17) is 9.47 Å². The first-order valence-electron chi connectivity index (χ1n) is 7.95. The molecule has 3 rings (SSSR count). The van der Waals surface area contributed by atoms with Crippen LogP contribution in [-0.2, 0) is 17.8 Å². The average Bonchev–Trinajstić information content (AvgIpc) is 2.52. The van der Waals surface area contributed by atoms with Crippen molar-refractivity contribution in [3.8, 4) is 5.75 Å². The molecule has 0 saturated heterocycles. The molecule has 2 aromatic rings. The lowest BCUT2D eigenvalue weighted by molar-refractivity contribution is -0.188. The van der Waals surface area contributed by atoms with Gasteiger partial charge in [0.2, 0.25) is 5.79 Å². The fraction of sp³-hybridized carbons (Fsp3) is 0.400. The van der Waals surface area contributed by atoms with Crippen molar-refractivity contribution in [3.63, 3.8) is 0 Å². The highest BCUT2D eigenvalue weighted by atomic mass is 16.7. The Morgan fingerprint density at radius 3 is 2.55 bits per heavy atom. The Morgan fingerprint density at radius 1 is 1.09 bits per heavy atom. The highest BCUT2D eigenvalue weighted by molar-refractivity contribution is 5.50. The van der Waals surface area contributed by atoms with Gasteiger partial charge in [-0.05, 0) is 55.0 Å². The number of rotatable bonds is 3. The molecular weight excluding hydrogens is 272 g/mol. The van der Waals surface area contributed by atoms with Gasteiger partial charge < -0.3 is 9.47 Å². The molecule has 0 radical (unpaired) electrons. The Bertz CT molecular complexity index is 676. The van der Waals surface area contributed by atoms with E-state index in [1.807, 2.05) is 18.2 Å². The van der Waals surface area contributed by atoms with Crippen LogP contribution in [0.15, 0.2) is 36.4 Å². The number of fused-ring (bicyclic) bond motifs is 1. The van der Waals surface area contributed by atoms with Crippen LogP contribution in [0.25, 0.3) is 0 Å². The molecule has 116 valence electrons. The van der Waals surface area contributed by atoms with E-state index in [-0.39, 0.29) is 0 Å². The molecule has 22 heavy (non-hydrogen) atoms. The molecule has 1 aliphatic rings. The smallest absolute Gasteiger partial charge is 0.208 e. The van der Waals surface area contributed by atoms with Crippen LogP contribution >= 0.6 is 0 Å². The molecule has 0 fully saturated rings. The summed E-state index contributed by atoms with van der Waals surface area (Å²) in [7, 11) is 0. The number of aryl methyl sites for hydroxylation is 2. The van der Waals surface area contributed by atoms with Crippen molar-refractivity contribution in [1.29, 1.82) is 0 Å². The fourth-order valence-corrected chi connectivity index (χ4v) is 3.08. The molecule has 0 bridgehead atoms. The van der Waals surface area contributed by atoms with Gasteiger partial charge in [0.05, 0.1) is 6.61 Å². The van der Waals surface area contributed by atoms with Crippen molar-refractivity contribution >= 4 is 0 Å². The van der Waals surface area contributed by atoms with Crippen molar-refractivity contribution in [1.82, 2.24) is 0 Å². The maximum Gasteiger partial charge on any atom is 0.208 e. The molecule has 1 atom stereocenters. The predicted octanol–water partition coefficient (Wildman–Crippen LogP) is 4.87. The average molecular weight is 296 g/mol. The van der Waals surface area contributed by atoms with Gasteiger partial charge in [-0.15, -0.1) is 0 Å². The third kappa shape index (κ3) is 2.89. The third-order valence-electron chi connectivity index (χ3n) is 4.65. The lowest BCUT2D eigenvalue weighted by Gasteiger charge is -2.37. The Hall–Kier alpha value is -1.80. The van der Waals surface area contributed by atoms with Crippen LogP contribution in [0.5, 0.6) is 5.75 Å². The lowest BCUT2D eigenvalue weighted by atomic mass is 9.92. The molecule has 2 nitrogen and oxygen atoms in total. The zero-order valence-corrected chi connectivity index (χ0v) is 13.9. The van der Waals surface area contributed by atoms with Gasteiger partial charge in [0.1, 0.15) is 5.75 Å². The summed E-state index contributed by atoms with van der Waals surface area (Å²) in [4.78, 5) is 0. The highest BCUT2D eigenvalue weighted by Gasteiger charge is 2.34. The number of hydrogen-bond acceptors (Lipinski definition) is 2. The second-order valence-corrected chi connectivity index (χ2v) is 6.45. The van der Waals surface area contributed by atoms with Crippen LogP contribution in [0.3, 0.4) is 0 Å². The van der Waals surface area contributed by atoms with E-state index in [9.17, 15) is 0 Å². The zero-order valence-electron chi connectivity index (χ0n) is 13.9. The van der Waals surface area contributed by atoms with Gasteiger partial charge in [0.25, 0.3) is 0 Å². The summed E-state index contributed by atoms with van der Waals surface area (Å²) < 4.78 is 12.4. The summed E-state index contributed by atoms with van der Waals surface area (Å²) in [5.41, 5.74) is 6.35. The van der Waals surface area contributed by atoms with Crippen molar-refractivity contribution < 1.29 is 9.47 Å². The van der Waals surface area contributed by atoms with Crippen LogP contribution in [0.2, 0.25) is 0 Å². The van der Waals surface area contributed by atoms with E-state index in [0.717, 1.165) is 18.6 Å². The first kappa shape index (κ1) is 15.1. The van der Waals surface area contributed by atoms with Gasteiger partial charge in [0.15, 0.2) is 0 Å². The second-order valence-electron chi connectivity index (χ2n) is 6.45. The second kappa shape index (κ2) is 5.77. The van der Waals surface area contributed by atoms with Crippen LogP contribution < -0.4 is 4.74 Å². The molecule has 0 spiro atoms. The Labute approximate surface area is 133 Å². The normalized spacial score (nSPS) is 20.4. The van der Waals surface area contributed by atoms with Crippen LogP contribution in [0, 0.1) is 20.8 Å². The molecule has 0 aliphatic carbocycles. The van der Waals surface area contributed by atoms with Gasteiger partial charge in [0, 0.05) is 13.3 Å². The van der Waals surface area contributed by atoms with E-state index in [2.05, 4.69) is 45.9 Å². The first-order chi connectivity index (χ1) is 10.5. The Morgan fingerprint density at radius 2 is 1.82 bits per heavy atom. The molecule has 1 aliphatic heterocycles. The molecule has 1 unspecified atom stereocenters. The van der Waals surface area contributed by atoms with Gasteiger partial charge in [-0.25, -0.2) is 0 Å². The standard InChI is InChI=1S/C20H24O2/c1-14-12-15(2)18-10-11-20(4,22-19(18)16(14)3)21-13-17-8-6-5-7-9-17/h5-9,12H,10-11,13H2,1-4H3. The third-order valence-corrected chi connectivity index (χ3v) is 4.65. The van der Waals surface area contributed by atoms with Gasteiger partial charge in [-0.1, -0.05) is 36.4 Å². The van der Waals surface area contributed by atoms with E-state index in [1.165, 1.54) is 27.8 Å². The summed E-state index contributed by atoms with van der Waals surface area (Å²) >= 11 is 0. The lowest BCUT2D eigenvalue weighted by Crippen LogP contribution is -2.39. The number of ether oxygens (including phenoxy) is 2. The quantitative estimate of drug-likeness (QED) is 0.804. The molecule has 2 aromatic carbocycles. The fourth-order valence-electron chi connectivity index (χ4n) is 3.08. The highest BCUT2D eigenvalue weighted by Crippen LogP contribution is 2.39. The summed E-state index contributed by atoms with van der Waals surface area (Å²) in [5, 5.41) is 0. The number of benzene rings is 2. The van der Waals surface area contributed by atoms with Crippen LogP contribution in [-0.4, -0.2) is 5.79 Å². The van der Waals surface area contributed by atoms with Crippen LogP contribution in [0.1, 0.15) is 41.2 Å². The first-order valence-corrected chi connectivity index (χ1v) is 7.95. The maximum absolute atomic E-state index is 6.31. The van der Waals surface area contributed by atoms with E-state index in [0.29, 0.717) is 6.61 Å². The summed E-state index contributed by atoms with van der Waals surface area (Å²) in [6.07, 6.45) is 1.89. The topological polar surface area (TPSA) is 18.5 Å². The van der Waals surface area contributed by atoms with Crippen LogP contribution in [0.4, 0.5) is 0 Å². The predicted molar refractivity (Wildman–Crippen MR) is 89.2 cm³/mol. The van der Waals surface area contributed by atoms with Gasteiger partial charge in [-0.2, -0.15) is 0 Å². The molecule has 1 heterocycles. The van der Waals surface area contributed by atoms with E-state index >= 15 is 0 Å². The molecule has 2 heteroatoms. The Balaban J connectivity index is 1.81. The van der Waals surface area contributed by atoms with Gasteiger partial charge >= 0.3 is 0 Å². The summed E-state index contributed by atoms with van der Waals surface area (Å²) in [5.74, 6) is 0.479. The van der Waals surface area contributed by atoms with Crippen molar-refractivity contribution in [2.24, 2.45) is 0 Å². The minimum atomic E-state index is -0.548. The maximum atomic E-state index is 6.31. The van der Waals surface area contributed by atoms with E-state index < -0.39 is 5.79 Å². The van der Waals surface area contributed by atoms with Crippen molar-refractivity contribution in [3.05, 3.63) is 64.2 Å². The minimum absolute atomic E-state index is 0.548. The largest absolute Gasteiger partial charge is 0.462 e. The van der Waals surface area contributed by atoms with Crippen molar-refractivity contribution in [2.45, 2.75) is 52.9 Å². The molecular formula is C20H24O2. The minimum Gasteiger partial charge on any atom is -0.462 e. The van der Waals surface area contributed by atoms with Crippen molar-refractivity contribution in [2.75, 3.05) is 0 Å². The molecule has 0 N–H and O–H groups in total. The molecule has 0 saturated carbocycles. The van der Waals surface area contributed by atoms with E-state index in [1.54, 1.807) is 0 Å². The van der Waals surface area contributed by atoms with Gasteiger partial charge in [-0.3, -0.25) is 0 Å². The molecule has 0 aromatic heterocycles. The Kier molecular flexibility index (Phi) is 3.96. The monoisotopic (exact) mass is 296 g/mol. The SMILES string of the molecule is Cc1cc(C)c2c(c1C)OC(C)(OCc1ccccc1)CC2.